The number of hydrogen-bond donors (Lipinski definition) is 2. The Bertz CT molecular complexity index is 1050. The number of ether oxygens (including phenoxy) is 1. The van der Waals surface area contributed by atoms with Gasteiger partial charge < -0.3 is 25.0 Å². The minimum absolute atomic E-state index is 0.0776. The summed E-state index contributed by atoms with van der Waals surface area (Å²) < 4.78 is 5.38. The highest BCUT2D eigenvalue weighted by molar-refractivity contribution is 5.99. The average Bonchev–Trinajstić information content (AvgIpc) is 2.95. The zero-order valence-electron chi connectivity index (χ0n) is 20.1. The Balaban J connectivity index is 1.72. The van der Waals surface area contributed by atoms with Crippen LogP contribution in [0.1, 0.15) is 62.2 Å². The Kier molecular flexibility index (Phi) is 7.19. The third-order valence-electron chi connectivity index (χ3n) is 6.83. The molecule has 1 aliphatic carbocycles. The fraction of sp³-hybridized carbons (Fsp3) is 0.520. The van der Waals surface area contributed by atoms with E-state index in [4.69, 9.17) is 9.72 Å². The lowest BCUT2D eigenvalue weighted by Crippen LogP contribution is -2.42. The first-order valence-corrected chi connectivity index (χ1v) is 12.0. The van der Waals surface area contributed by atoms with E-state index >= 15 is 0 Å². The Morgan fingerprint density at radius 1 is 1.26 bits per heavy atom. The molecule has 1 aromatic heterocycles. The quantitative estimate of drug-likeness (QED) is 0.615. The van der Waals surface area contributed by atoms with Crippen molar-refractivity contribution in [3.8, 4) is 5.75 Å². The fourth-order valence-corrected chi connectivity index (χ4v) is 5.00. The highest BCUT2D eigenvalue weighted by atomic mass is 16.5. The lowest BCUT2D eigenvalue weighted by Gasteiger charge is -2.36. The molecule has 1 fully saturated rings. The van der Waals surface area contributed by atoms with Gasteiger partial charge in [-0.3, -0.25) is 4.79 Å². The number of anilines is 4. The Morgan fingerprint density at radius 3 is 2.71 bits per heavy atom. The van der Waals surface area contributed by atoms with Crippen LogP contribution in [0.2, 0.25) is 0 Å². The van der Waals surface area contributed by atoms with Crippen LogP contribution >= 0.6 is 0 Å². The molecule has 1 atom stereocenters. The molecule has 2 aliphatic rings. The summed E-state index contributed by atoms with van der Waals surface area (Å²) in [5.41, 5.74) is 1.42. The van der Waals surface area contributed by atoms with E-state index in [1.165, 1.54) is 38.5 Å². The summed E-state index contributed by atoms with van der Waals surface area (Å²) in [6, 6.07) is 4.96. The molecule has 34 heavy (non-hydrogen) atoms. The number of hydrogen-bond acceptors (Lipinski definition) is 7. The number of carbonyl (C=O) groups is 2. The number of nitrogens with one attached hydrogen (secondary N) is 1. The van der Waals surface area contributed by atoms with Gasteiger partial charge in [-0.1, -0.05) is 32.6 Å². The summed E-state index contributed by atoms with van der Waals surface area (Å²) in [6.07, 6.45) is 9.28. The van der Waals surface area contributed by atoms with Crippen LogP contribution < -0.4 is 19.9 Å². The van der Waals surface area contributed by atoms with E-state index in [0.29, 0.717) is 35.7 Å². The summed E-state index contributed by atoms with van der Waals surface area (Å²) in [5.74, 6) is 0.528. The Hall–Kier alpha value is -3.36. The molecule has 2 heterocycles. The van der Waals surface area contributed by atoms with Gasteiger partial charge in [0.25, 0.3) is 0 Å². The third kappa shape index (κ3) is 4.78. The van der Waals surface area contributed by atoms with Crippen molar-refractivity contribution in [3.05, 3.63) is 30.0 Å². The number of rotatable bonds is 7. The number of carbonyl (C=O) groups excluding carboxylic acids is 1. The molecule has 9 heteroatoms. The Labute approximate surface area is 200 Å². The first-order valence-electron chi connectivity index (χ1n) is 12.0. The molecule has 0 spiro atoms. The van der Waals surface area contributed by atoms with Crippen molar-refractivity contribution >= 4 is 35.0 Å². The highest BCUT2D eigenvalue weighted by Crippen LogP contribution is 2.38. The van der Waals surface area contributed by atoms with Crippen LogP contribution in [0, 0.1) is 5.92 Å². The van der Waals surface area contributed by atoms with E-state index in [9.17, 15) is 14.7 Å². The zero-order valence-corrected chi connectivity index (χ0v) is 20.1. The van der Waals surface area contributed by atoms with Crippen LogP contribution in [0.15, 0.2) is 24.4 Å². The minimum atomic E-state index is -1.02. The molecule has 0 bridgehead atoms. The summed E-state index contributed by atoms with van der Waals surface area (Å²) in [7, 11) is 3.29. The molecule has 2 aromatic rings. The van der Waals surface area contributed by atoms with Crippen molar-refractivity contribution < 1.29 is 19.4 Å². The predicted molar refractivity (Wildman–Crippen MR) is 131 cm³/mol. The number of methoxy groups -OCH3 is 1. The molecule has 9 nitrogen and oxygen atoms in total. The number of fused-ring (bicyclic) bond motifs is 1. The van der Waals surface area contributed by atoms with E-state index in [2.05, 4.69) is 22.1 Å². The number of carboxylic acid groups (broad SMARTS) is 1. The molecule has 1 amide bonds. The maximum Gasteiger partial charge on any atom is 0.335 e. The van der Waals surface area contributed by atoms with E-state index in [-0.39, 0.29) is 17.4 Å². The van der Waals surface area contributed by atoms with Crippen molar-refractivity contribution in [1.82, 2.24) is 9.97 Å². The van der Waals surface area contributed by atoms with Crippen molar-refractivity contribution in [2.24, 2.45) is 5.92 Å². The maximum atomic E-state index is 13.2. The van der Waals surface area contributed by atoms with Gasteiger partial charge in [-0.25, -0.2) is 9.78 Å². The number of aromatic nitrogens is 2. The second-order valence-corrected chi connectivity index (χ2v) is 9.07. The lowest BCUT2D eigenvalue weighted by atomic mass is 9.93. The number of carboxylic acids is 1. The van der Waals surface area contributed by atoms with Gasteiger partial charge in [-0.15, -0.1) is 0 Å². The monoisotopic (exact) mass is 467 g/mol. The molecule has 4 rings (SSSR count). The van der Waals surface area contributed by atoms with Crippen LogP contribution in [0.4, 0.5) is 23.1 Å². The topological polar surface area (TPSA) is 108 Å². The van der Waals surface area contributed by atoms with Crippen LogP contribution in [0.5, 0.6) is 5.75 Å². The van der Waals surface area contributed by atoms with Crippen molar-refractivity contribution in [2.45, 2.75) is 57.9 Å². The summed E-state index contributed by atoms with van der Waals surface area (Å²) in [6.45, 7) is 2.77. The molecular formula is C25H33N5O4. The maximum absolute atomic E-state index is 13.2. The number of benzene rings is 1. The number of nitrogens with zero attached hydrogens (tertiary/aromatic N) is 4. The van der Waals surface area contributed by atoms with Gasteiger partial charge in [0.05, 0.1) is 30.5 Å². The van der Waals surface area contributed by atoms with Gasteiger partial charge in [0.15, 0.2) is 5.82 Å². The average molecular weight is 468 g/mol. The van der Waals surface area contributed by atoms with E-state index < -0.39 is 5.97 Å². The summed E-state index contributed by atoms with van der Waals surface area (Å²) >= 11 is 0. The van der Waals surface area contributed by atoms with Crippen LogP contribution in [0.3, 0.4) is 0 Å². The predicted octanol–water partition coefficient (Wildman–Crippen LogP) is 4.46. The first-order chi connectivity index (χ1) is 16.4. The molecule has 2 N–H and O–H groups in total. The van der Waals surface area contributed by atoms with E-state index in [1.807, 2.05) is 0 Å². The second-order valence-electron chi connectivity index (χ2n) is 9.07. The van der Waals surface area contributed by atoms with Crippen LogP contribution in [-0.4, -0.2) is 53.7 Å². The molecule has 0 saturated heterocycles. The lowest BCUT2D eigenvalue weighted by molar-refractivity contribution is -0.121. The van der Waals surface area contributed by atoms with Crippen molar-refractivity contribution in [1.29, 1.82) is 0 Å². The van der Waals surface area contributed by atoms with Gasteiger partial charge in [-0.2, -0.15) is 4.98 Å². The normalized spacial score (nSPS) is 18.9. The van der Waals surface area contributed by atoms with Crippen molar-refractivity contribution in [2.75, 3.05) is 35.8 Å². The zero-order chi connectivity index (χ0) is 24.2. The molecule has 1 saturated carbocycles. The highest BCUT2D eigenvalue weighted by Gasteiger charge is 2.36. The minimum Gasteiger partial charge on any atom is -0.495 e. The molecule has 1 aromatic carbocycles. The van der Waals surface area contributed by atoms with Gasteiger partial charge >= 0.3 is 5.97 Å². The van der Waals surface area contributed by atoms with Gasteiger partial charge in [0.2, 0.25) is 11.9 Å². The Morgan fingerprint density at radius 2 is 2.03 bits per heavy atom. The van der Waals surface area contributed by atoms with Gasteiger partial charge in [0.1, 0.15) is 11.4 Å². The van der Waals surface area contributed by atoms with E-state index in [0.717, 1.165) is 31.5 Å². The second kappa shape index (κ2) is 10.3. The molecule has 182 valence electrons. The molecule has 1 unspecified atom stereocenters. The summed E-state index contributed by atoms with van der Waals surface area (Å²) in [5, 5.41) is 12.4. The van der Waals surface area contributed by atoms with Gasteiger partial charge in [0, 0.05) is 19.6 Å². The fourth-order valence-electron chi connectivity index (χ4n) is 5.00. The van der Waals surface area contributed by atoms with Crippen LogP contribution in [0.25, 0.3) is 0 Å². The molecule has 0 radical (unpaired) electrons. The SMILES string of the molecule is CCCC1CN(C2CCCCC2)c2nc(Nc3ccc(C(=O)O)cc3OC)ncc2N(C)C1=O. The van der Waals surface area contributed by atoms with E-state index in [1.54, 1.807) is 24.2 Å². The number of amides is 1. The number of aromatic carboxylic acids is 1. The van der Waals surface area contributed by atoms with Crippen LogP contribution in [-0.2, 0) is 4.79 Å². The third-order valence-corrected chi connectivity index (χ3v) is 6.83. The first kappa shape index (κ1) is 23.8. The summed E-state index contributed by atoms with van der Waals surface area (Å²) in [4.78, 5) is 37.9. The molecule has 1 aliphatic heterocycles. The van der Waals surface area contributed by atoms with Gasteiger partial charge in [-0.05, 0) is 37.5 Å². The molecular weight excluding hydrogens is 434 g/mol. The smallest absolute Gasteiger partial charge is 0.335 e. The standard InChI is InChI=1S/C25H33N5O4/c1-4-8-17-15-30(18-9-6-5-7-10-18)22-20(29(2)23(17)31)14-26-25(28-22)27-19-12-11-16(24(32)33)13-21(19)34-3/h11-14,17-18H,4-10,15H2,1-3H3,(H,32,33)(H,26,27,28). The van der Waals surface area contributed by atoms with Crippen molar-refractivity contribution in [3.63, 3.8) is 0 Å². The largest absolute Gasteiger partial charge is 0.495 e.